The van der Waals surface area contributed by atoms with E-state index in [4.69, 9.17) is 0 Å². The van der Waals surface area contributed by atoms with Crippen molar-refractivity contribution in [1.29, 1.82) is 0 Å². The molecule has 9 nitrogen and oxygen atoms in total. The van der Waals surface area contributed by atoms with Gasteiger partial charge in [-0.25, -0.2) is 24.0 Å². The number of rotatable bonds is 5. The minimum atomic E-state index is -4.78. The van der Waals surface area contributed by atoms with Gasteiger partial charge < -0.3 is 5.32 Å². The maximum Gasteiger partial charge on any atom is 0.435 e. The van der Waals surface area contributed by atoms with Crippen molar-refractivity contribution in [2.75, 3.05) is 0 Å². The van der Waals surface area contributed by atoms with Crippen LogP contribution in [0, 0.1) is 5.82 Å². The highest BCUT2D eigenvalue weighted by Gasteiger charge is 2.36. The van der Waals surface area contributed by atoms with E-state index in [1.807, 2.05) is 0 Å². The molecule has 0 aliphatic carbocycles. The number of hydrogen-bond donors (Lipinski definition) is 1. The number of nitrogens with zero attached hydrogens (tertiary/aromatic N) is 7. The van der Waals surface area contributed by atoms with Crippen LogP contribution in [0.1, 0.15) is 35.0 Å². The molecular weight excluding hydrogens is 464 g/mol. The van der Waals surface area contributed by atoms with Gasteiger partial charge in [0, 0.05) is 18.5 Å². The number of benzene rings is 1. The van der Waals surface area contributed by atoms with Gasteiger partial charge in [0.2, 0.25) is 0 Å². The predicted molar refractivity (Wildman–Crippen MR) is 112 cm³/mol. The van der Waals surface area contributed by atoms with Crippen molar-refractivity contribution in [3.63, 3.8) is 0 Å². The van der Waals surface area contributed by atoms with Gasteiger partial charge in [0.05, 0.1) is 11.7 Å². The molecule has 1 N–H and O–H groups in total. The van der Waals surface area contributed by atoms with E-state index in [1.54, 1.807) is 13.0 Å². The number of amides is 1. The highest BCUT2D eigenvalue weighted by molar-refractivity contribution is 7.59. The molecule has 0 aliphatic rings. The van der Waals surface area contributed by atoms with Gasteiger partial charge in [0.15, 0.2) is 11.5 Å². The van der Waals surface area contributed by atoms with Crippen LogP contribution in [0.15, 0.2) is 55.1 Å². The van der Waals surface area contributed by atoms with Crippen LogP contribution in [0.3, 0.4) is 0 Å². The fraction of sp³-hybridized carbons (Fsp3) is 0.158. The zero-order chi connectivity index (χ0) is 22.9. The van der Waals surface area contributed by atoms with Crippen LogP contribution in [-0.2, 0) is 6.18 Å². The summed E-state index contributed by atoms with van der Waals surface area (Å²) in [5.41, 5.74) is -1.57. The standard InChI is InChI=1S/C19H14F4N8O.H2S/c1-11(16-26-10-27-31(16)18-24-7-2-8-25-18)28-17(32)14-9-15(19(21,22)23)29-30(14)13-5-3-12(20)4-6-13;/h2-11H,1H3,(H,28,32);1H2/t11-;/m1./s1. The maximum absolute atomic E-state index is 13.2. The van der Waals surface area contributed by atoms with Crippen molar-refractivity contribution in [3.05, 3.63) is 78.1 Å². The van der Waals surface area contributed by atoms with E-state index in [0.29, 0.717) is 6.07 Å². The van der Waals surface area contributed by atoms with Gasteiger partial charge in [-0.2, -0.15) is 41.5 Å². The van der Waals surface area contributed by atoms with Crippen LogP contribution in [0.2, 0.25) is 0 Å². The zero-order valence-electron chi connectivity index (χ0n) is 16.8. The summed E-state index contributed by atoms with van der Waals surface area (Å²) in [6, 6.07) is 5.99. The Kier molecular flexibility index (Phi) is 6.76. The van der Waals surface area contributed by atoms with E-state index in [2.05, 4.69) is 30.5 Å². The predicted octanol–water partition coefficient (Wildman–Crippen LogP) is 3.00. The van der Waals surface area contributed by atoms with Gasteiger partial charge >= 0.3 is 6.18 Å². The van der Waals surface area contributed by atoms with E-state index in [1.165, 1.54) is 35.5 Å². The van der Waals surface area contributed by atoms with Crippen molar-refractivity contribution in [2.45, 2.75) is 19.1 Å². The third-order valence-corrected chi connectivity index (χ3v) is 4.35. The van der Waals surface area contributed by atoms with Crippen molar-refractivity contribution in [2.24, 2.45) is 0 Å². The summed E-state index contributed by atoms with van der Waals surface area (Å²) in [6.07, 6.45) is -0.552. The number of carbonyl (C=O) groups excluding carboxylic acids is 1. The number of nitrogens with one attached hydrogen (secondary N) is 1. The molecule has 0 bridgehead atoms. The van der Waals surface area contributed by atoms with E-state index >= 15 is 0 Å². The van der Waals surface area contributed by atoms with Crippen molar-refractivity contribution in [1.82, 2.24) is 39.8 Å². The lowest BCUT2D eigenvalue weighted by Crippen LogP contribution is -2.30. The number of alkyl halides is 3. The average molecular weight is 480 g/mol. The van der Waals surface area contributed by atoms with Gasteiger partial charge in [-0.1, -0.05) is 0 Å². The van der Waals surface area contributed by atoms with Crippen LogP contribution in [0.4, 0.5) is 17.6 Å². The van der Waals surface area contributed by atoms with Crippen LogP contribution < -0.4 is 5.32 Å². The molecule has 1 aromatic carbocycles. The lowest BCUT2D eigenvalue weighted by molar-refractivity contribution is -0.141. The molecule has 33 heavy (non-hydrogen) atoms. The molecule has 4 rings (SSSR count). The summed E-state index contributed by atoms with van der Waals surface area (Å²) in [5.74, 6) is -0.974. The van der Waals surface area contributed by atoms with Crippen LogP contribution in [0.5, 0.6) is 0 Å². The van der Waals surface area contributed by atoms with Gasteiger partial charge in [0.1, 0.15) is 17.8 Å². The number of hydrogen-bond acceptors (Lipinski definition) is 6. The van der Waals surface area contributed by atoms with Gasteiger partial charge in [-0.15, -0.1) is 0 Å². The first-order valence-electron chi connectivity index (χ1n) is 9.15. The first kappa shape index (κ1) is 23.8. The fourth-order valence-electron chi connectivity index (χ4n) is 2.90. The zero-order valence-corrected chi connectivity index (χ0v) is 17.8. The van der Waals surface area contributed by atoms with Crippen LogP contribution in [0.25, 0.3) is 11.6 Å². The second kappa shape index (κ2) is 9.36. The van der Waals surface area contributed by atoms with Gasteiger partial charge in [-0.05, 0) is 37.3 Å². The Morgan fingerprint density at radius 3 is 2.36 bits per heavy atom. The molecule has 0 unspecified atom stereocenters. The minimum absolute atomic E-state index is 0. The average Bonchev–Trinajstić information content (AvgIpc) is 3.42. The molecule has 1 atom stereocenters. The molecule has 0 saturated carbocycles. The third kappa shape index (κ3) is 5.00. The lowest BCUT2D eigenvalue weighted by Gasteiger charge is -2.14. The Labute approximate surface area is 191 Å². The molecule has 14 heteroatoms. The molecular formula is C19H16F4N8OS. The normalized spacial score (nSPS) is 12.2. The molecule has 4 aromatic rings. The SMILES string of the molecule is C[C@@H](NC(=O)c1cc(C(F)(F)F)nn1-c1ccc(F)cc1)c1ncnn1-c1ncccn1.S. The molecule has 0 spiro atoms. The first-order chi connectivity index (χ1) is 15.2. The summed E-state index contributed by atoms with van der Waals surface area (Å²) in [7, 11) is 0. The van der Waals surface area contributed by atoms with Crippen molar-refractivity contribution < 1.29 is 22.4 Å². The molecule has 1 amide bonds. The number of aromatic nitrogens is 7. The second-order valence-corrected chi connectivity index (χ2v) is 6.57. The van der Waals surface area contributed by atoms with Gasteiger partial charge in [0.25, 0.3) is 11.9 Å². The molecule has 0 radical (unpaired) electrons. The topological polar surface area (TPSA) is 103 Å². The Hall–Kier alpha value is -3.81. The molecule has 3 heterocycles. The molecule has 0 fully saturated rings. The lowest BCUT2D eigenvalue weighted by atomic mass is 10.2. The number of carbonyl (C=O) groups is 1. The van der Waals surface area contributed by atoms with E-state index < -0.39 is 35.3 Å². The number of halogens is 4. The second-order valence-electron chi connectivity index (χ2n) is 6.57. The van der Waals surface area contributed by atoms with Crippen LogP contribution in [-0.4, -0.2) is 40.4 Å². The monoisotopic (exact) mass is 480 g/mol. The largest absolute Gasteiger partial charge is 0.435 e. The summed E-state index contributed by atoms with van der Waals surface area (Å²) >= 11 is 0. The highest BCUT2D eigenvalue weighted by Crippen LogP contribution is 2.30. The molecule has 172 valence electrons. The fourth-order valence-corrected chi connectivity index (χ4v) is 2.90. The summed E-state index contributed by atoms with van der Waals surface area (Å²) < 4.78 is 55.1. The summed E-state index contributed by atoms with van der Waals surface area (Å²) in [6.45, 7) is 1.57. The Bertz CT molecular complexity index is 1240. The van der Waals surface area contributed by atoms with E-state index in [-0.39, 0.29) is 31.0 Å². The maximum atomic E-state index is 13.2. The molecule has 0 aliphatic heterocycles. The Morgan fingerprint density at radius 1 is 1.06 bits per heavy atom. The molecule has 3 aromatic heterocycles. The van der Waals surface area contributed by atoms with Gasteiger partial charge in [-0.3, -0.25) is 4.79 Å². The minimum Gasteiger partial charge on any atom is -0.341 e. The first-order valence-corrected chi connectivity index (χ1v) is 9.15. The third-order valence-electron chi connectivity index (χ3n) is 4.35. The summed E-state index contributed by atoms with van der Waals surface area (Å²) in [4.78, 5) is 25.1. The van der Waals surface area contributed by atoms with Crippen LogP contribution >= 0.6 is 13.5 Å². The summed E-state index contributed by atoms with van der Waals surface area (Å²) in [5, 5.41) is 10.1. The van der Waals surface area contributed by atoms with E-state index in [9.17, 15) is 22.4 Å². The van der Waals surface area contributed by atoms with E-state index in [0.717, 1.165) is 16.8 Å². The molecule has 0 saturated heterocycles. The Balaban J connectivity index is 0.00000306. The van der Waals surface area contributed by atoms with Crippen molar-refractivity contribution in [3.8, 4) is 11.6 Å². The highest BCUT2D eigenvalue weighted by atomic mass is 32.1. The Morgan fingerprint density at radius 2 is 1.73 bits per heavy atom. The van der Waals surface area contributed by atoms with Crippen molar-refractivity contribution >= 4 is 19.4 Å². The quantitative estimate of drug-likeness (QED) is 0.441. The smallest absolute Gasteiger partial charge is 0.341 e.